The van der Waals surface area contributed by atoms with Crippen molar-refractivity contribution in [1.82, 2.24) is 0 Å². The van der Waals surface area contributed by atoms with Crippen LogP contribution in [0.5, 0.6) is 0 Å². The number of hydrogen-bond acceptors (Lipinski definition) is 3. The summed E-state index contributed by atoms with van der Waals surface area (Å²) in [6.45, 7) is 0. The van der Waals surface area contributed by atoms with Crippen molar-refractivity contribution in [2.75, 3.05) is 11.5 Å². The van der Waals surface area contributed by atoms with Gasteiger partial charge < -0.3 is 0 Å². The van der Waals surface area contributed by atoms with Gasteiger partial charge in [0, 0.05) is 31.8 Å². The van der Waals surface area contributed by atoms with Crippen LogP contribution in [-0.4, -0.2) is 11.5 Å². The van der Waals surface area contributed by atoms with Gasteiger partial charge in [-0.25, -0.2) is 0 Å². The molecule has 3 heteroatoms. The van der Waals surface area contributed by atoms with E-state index < -0.39 is 0 Å². The first-order valence-corrected chi connectivity index (χ1v) is 13.4. The summed E-state index contributed by atoms with van der Waals surface area (Å²) < 4.78 is 0. The molecule has 0 aliphatic heterocycles. The van der Waals surface area contributed by atoms with Gasteiger partial charge in [0.05, 0.1) is 0 Å². The fraction of sp³-hybridized carbons (Fsp3) is 0.143. The molecule has 0 bridgehead atoms. The standard InChI is InChI=1S/C28H26S3/c1-5-13-23(14-6-1)27(30-25-17-9-3-10-18-25)21-29-22-28(24-15-7-2-8-16-24)31-26-19-11-4-12-20-26/h1-20,27-28H,21-22H2/t27-,28-/m0/s1. The van der Waals surface area contributed by atoms with Crippen LogP contribution in [0.25, 0.3) is 0 Å². The van der Waals surface area contributed by atoms with Crippen molar-refractivity contribution in [3.8, 4) is 0 Å². The van der Waals surface area contributed by atoms with Crippen molar-refractivity contribution in [2.45, 2.75) is 20.3 Å². The van der Waals surface area contributed by atoms with Gasteiger partial charge in [-0.05, 0) is 35.4 Å². The fourth-order valence-electron chi connectivity index (χ4n) is 3.34. The third-order valence-electron chi connectivity index (χ3n) is 4.92. The van der Waals surface area contributed by atoms with E-state index in [0.29, 0.717) is 10.5 Å². The molecule has 0 heterocycles. The molecule has 0 saturated heterocycles. The quantitative estimate of drug-likeness (QED) is 0.218. The van der Waals surface area contributed by atoms with Gasteiger partial charge in [0.1, 0.15) is 0 Å². The molecular weight excluding hydrogens is 433 g/mol. The summed E-state index contributed by atoms with van der Waals surface area (Å²) in [5.41, 5.74) is 2.80. The molecular formula is C28H26S3. The van der Waals surface area contributed by atoms with Crippen LogP contribution in [0, 0.1) is 0 Å². The van der Waals surface area contributed by atoms with Crippen molar-refractivity contribution < 1.29 is 0 Å². The molecule has 0 spiro atoms. The maximum absolute atomic E-state index is 2.26. The molecule has 4 aromatic rings. The smallest absolute Gasteiger partial charge is 0.0434 e. The normalized spacial score (nSPS) is 12.9. The zero-order valence-corrected chi connectivity index (χ0v) is 19.8. The summed E-state index contributed by atoms with van der Waals surface area (Å²) in [5.74, 6) is 2.17. The lowest BCUT2D eigenvalue weighted by Crippen LogP contribution is -2.02. The topological polar surface area (TPSA) is 0 Å². The summed E-state index contributed by atoms with van der Waals surface area (Å²) in [7, 11) is 0. The summed E-state index contributed by atoms with van der Waals surface area (Å²) >= 11 is 5.99. The summed E-state index contributed by atoms with van der Waals surface area (Å²) in [6, 6.07) is 43.3. The van der Waals surface area contributed by atoms with E-state index in [0.717, 1.165) is 11.5 Å². The molecule has 0 saturated carbocycles. The molecule has 0 aliphatic rings. The Bertz CT molecular complexity index is 920. The molecule has 0 aromatic heterocycles. The van der Waals surface area contributed by atoms with Crippen molar-refractivity contribution in [2.24, 2.45) is 0 Å². The average Bonchev–Trinajstić information content (AvgIpc) is 2.85. The Kier molecular flexibility index (Phi) is 8.63. The van der Waals surface area contributed by atoms with Crippen molar-refractivity contribution in [1.29, 1.82) is 0 Å². The molecule has 0 N–H and O–H groups in total. The minimum Gasteiger partial charge on any atom is -0.159 e. The maximum atomic E-state index is 2.26. The highest BCUT2D eigenvalue weighted by molar-refractivity contribution is 8.04. The Labute approximate surface area is 198 Å². The van der Waals surface area contributed by atoms with Crippen LogP contribution in [0.4, 0.5) is 0 Å². The van der Waals surface area contributed by atoms with Crippen LogP contribution in [0.1, 0.15) is 21.6 Å². The Morgan fingerprint density at radius 2 is 0.742 bits per heavy atom. The minimum absolute atomic E-state index is 0.437. The van der Waals surface area contributed by atoms with Gasteiger partial charge in [0.2, 0.25) is 0 Å². The van der Waals surface area contributed by atoms with E-state index in [1.165, 1.54) is 20.9 Å². The lowest BCUT2D eigenvalue weighted by Gasteiger charge is -2.20. The highest BCUT2D eigenvalue weighted by Crippen LogP contribution is 2.41. The highest BCUT2D eigenvalue weighted by Gasteiger charge is 2.17. The largest absolute Gasteiger partial charge is 0.159 e. The van der Waals surface area contributed by atoms with E-state index in [9.17, 15) is 0 Å². The van der Waals surface area contributed by atoms with Gasteiger partial charge in [-0.3, -0.25) is 0 Å². The number of thioether (sulfide) groups is 3. The van der Waals surface area contributed by atoms with E-state index in [-0.39, 0.29) is 0 Å². The Morgan fingerprint density at radius 3 is 1.10 bits per heavy atom. The molecule has 0 aliphatic carbocycles. The Balaban J connectivity index is 1.45. The first-order chi connectivity index (χ1) is 15.4. The predicted molar refractivity (Wildman–Crippen MR) is 140 cm³/mol. The third-order valence-corrected chi connectivity index (χ3v) is 9.02. The van der Waals surface area contributed by atoms with E-state index in [1.54, 1.807) is 0 Å². The van der Waals surface area contributed by atoms with E-state index >= 15 is 0 Å². The molecule has 0 unspecified atom stereocenters. The Morgan fingerprint density at radius 1 is 0.419 bits per heavy atom. The predicted octanol–water partition coefficient (Wildman–Crippen LogP) is 8.79. The van der Waals surface area contributed by atoms with E-state index in [2.05, 4.69) is 133 Å². The number of rotatable bonds is 10. The van der Waals surface area contributed by atoms with E-state index in [4.69, 9.17) is 0 Å². The fourth-order valence-corrected chi connectivity index (χ4v) is 7.28. The zero-order chi connectivity index (χ0) is 21.1. The second kappa shape index (κ2) is 12.1. The van der Waals surface area contributed by atoms with Crippen molar-refractivity contribution in [3.05, 3.63) is 132 Å². The van der Waals surface area contributed by atoms with Gasteiger partial charge in [0.25, 0.3) is 0 Å². The van der Waals surface area contributed by atoms with Crippen LogP contribution < -0.4 is 0 Å². The molecule has 4 rings (SSSR count). The van der Waals surface area contributed by atoms with Gasteiger partial charge in [-0.15, -0.1) is 23.5 Å². The molecule has 4 aromatic carbocycles. The van der Waals surface area contributed by atoms with Crippen LogP contribution in [0.2, 0.25) is 0 Å². The Hall–Kier alpha value is -2.07. The molecule has 0 nitrogen and oxygen atoms in total. The lowest BCUT2D eigenvalue weighted by molar-refractivity contribution is 1.08. The third kappa shape index (κ3) is 6.96. The number of hydrogen-bond donors (Lipinski definition) is 0. The molecule has 2 atom stereocenters. The lowest BCUT2D eigenvalue weighted by atomic mass is 10.2. The van der Waals surface area contributed by atoms with Crippen LogP contribution in [-0.2, 0) is 0 Å². The number of benzene rings is 4. The van der Waals surface area contributed by atoms with Crippen LogP contribution in [0.3, 0.4) is 0 Å². The first-order valence-electron chi connectivity index (χ1n) is 10.5. The average molecular weight is 459 g/mol. The maximum Gasteiger partial charge on any atom is 0.0434 e. The van der Waals surface area contributed by atoms with Gasteiger partial charge in [-0.2, -0.15) is 11.8 Å². The highest BCUT2D eigenvalue weighted by atomic mass is 32.2. The SMILES string of the molecule is c1ccc(S[C@@H](CSC[C@H](Sc2ccccc2)c2ccccc2)c2ccccc2)cc1. The molecule has 156 valence electrons. The monoisotopic (exact) mass is 458 g/mol. The summed E-state index contributed by atoms with van der Waals surface area (Å²) in [6.07, 6.45) is 0. The second-order valence-corrected chi connectivity index (χ2v) is 10.8. The summed E-state index contributed by atoms with van der Waals surface area (Å²) in [5, 5.41) is 0.874. The van der Waals surface area contributed by atoms with Gasteiger partial charge in [-0.1, -0.05) is 97.1 Å². The molecule has 0 fully saturated rings. The van der Waals surface area contributed by atoms with E-state index in [1.807, 2.05) is 23.5 Å². The van der Waals surface area contributed by atoms with Gasteiger partial charge in [0.15, 0.2) is 0 Å². The minimum atomic E-state index is 0.437. The second-order valence-electron chi connectivity index (χ2n) is 7.20. The summed E-state index contributed by atoms with van der Waals surface area (Å²) in [4.78, 5) is 2.66. The van der Waals surface area contributed by atoms with Crippen LogP contribution >= 0.6 is 35.3 Å². The van der Waals surface area contributed by atoms with Crippen LogP contribution in [0.15, 0.2) is 131 Å². The zero-order valence-electron chi connectivity index (χ0n) is 17.3. The molecule has 0 radical (unpaired) electrons. The first kappa shape index (κ1) is 22.1. The molecule has 31 heavy (non-hydrogen) atoms. The molecule has 0 amide bonds. The van der Waals surface area contributed by atoms with Gasteiger partial charge >= 0.3 is 0 Å². The van der Waals surface area contributed by atoms with Crippen molar-refractivity contribution in [3.63, 3.8) is 0 Å². The van der Waals surface area contributed by atoms with Crippen molar-refractivity contribution >= 4 is 35.3 Å².